The average molecular weight is 442 g/mol. The molecule has 152 valence electrons. The molecule has 0 saturated heterocycles. The van der Waals surface area contributed by atoms with Gasteiger partial charge in [-0.2, -0.15) is 13.2 Å². The summed E-state index contributed by atoms with van der Waals surface area (Å²) in [6.45, 7) is 0.442. The number of aromatic nitrogens is 2. The zero-order valence-electron chi connectivity index (χ0n) is 15.1. The third kappa shape index (κ3) is 5.30. The summed E-state index contributed by atoms with van der Waals surface area (Å²) < 4.78 is 38.2. The molecular weight excluding hydrogens is 427 g/mol. The predicted octanol–water partition coefficient (Wildman–Crippen LogP) is 4.12. The van der Waals surface area contributed by atoms with Crippen molar-refractivity contribution in [3.8, 4) is 5.69 Å². The van der Waals surface area contributed by atoms with Gasteiger partial charge in [0.1, 0.15) is 6.54 Å². The van der Waals surface area contributed by atoms with Gasteiger partial charge in [0.05, 0.1) is 22.3 Å². The van der Waals surface area contributed by atoms with Crippen LogP contribution in [0.2, 0.25) is 5.02 Å². The number of hydrogen-bond acceptors (Lipinski definition) is 4. The van der Waals surface area contributed by atoms with Crippen LogP contribution in [-0.2, 0) is 4.79 Å². The molecule has 0 aliphatic rings. The van der Waals surface area contributed by atoms with Gasteiger partial charge in [0.2, 0.25) is 5.91 Å². The molecule has 0 unspecified atom stereocenters. The Hall–Kier alpha value is -2.52. The van der Waals surface area contributed by atoms with E-state index in [9.17, 15) is 22.8 Å². The number of hydrogen-bond donors (Lipinski definition) is 1. The van der Waals surface area contributed by atoms with E-state index in [1.54, 1.807) is 35.6 Å². The van der Waals surface area contributed by atoms with Gasteiger partial charge in [0.25, 0.3) is 5.56 Å². The quantitative estimate of drug-likeness (QED) is 0.478. The average Bonchev–Trinajstić information content (AvgIpc) is 2.64. The highest BCUT2D eigenvalue weighted by Gasteiger charge is 2.27. The van der Waals surface area contributed by atoms with Crippen LogP contribution in [0, 0.1) is 6.92 Å². The van der Waals surface area contributed by atoms with E-state index in [4.69, 9.17) is 11.6 Å². The number of nitrogens with one attached hydrogen (secondary N) is 1. The molecule has 1 amide bonds. The van der Waals surface area contributed by atoms with E-state index in [2.05, 4.69) is 4.98 Å². The molecule has 10 heteroatoms. The number of aryl methyl sites for hydroxylation is 1. The highest BCUT2D eigenvalue weighted by molar-refractivity contribution is 7.99. The van der Waals surface area contributed by atoms with Gasteiger partial charge in [-0.15, -0.1) is 0 Å². The first-order valence-electron chi connectivity index (χ1n) is 8.40. The predicted molar refractivity (Wildman–Crippen MR) is 107 cm³/mol. The van der Waals surface area contributed by atoms with Gasteiger partial charge < -0.3 is 5.32 Å². The summed E-state index contributed by atoms with van der Waals surface area (Å²) in [7, 11) is 0. The molecule has 0 bridgehead atoms. The summed E-state index contributed by atoms with van der Waals surface area (Å²) >= 11 is 6.86. The lowest BCUT2D eigenvalue weighted by molar-refractivity contribution is -0.136. The number of carbonyl (C=O) groups is 1. The normalized spacial score (nSPS) is 11.6. The number of fused-ring (bicyclic) bond motifs is 1. The molecule has 0 spiro atoms. The third-order valence-electron chi connectivity index (χ3n) is 3.88. The molecule has 1 aromatic heterocycles. The van der Waals surface area contributed by atoms with E-state index in [1.165, 1.54) is 10.6 Å². The molecule has 29 heavy (non-hydrogen) atoms. The first-order chi connectivity index (χ1) is 13.6. The Kier molecular flexibility index (Phi) is 6.18. The Morgan fingerprint density at radius 2 is 2.00 bits per heavy atom. The van der Waals surface area contributed by atoms with E-state index in [0.717, 1.165) is 17.3 Å². The summed E-state index contributed by atoms with van der Waals surface area (Å²) in [6, 6.07) is 11.8. The van der Waals surface area contributed by atoms with E-state index in [-0.39, 0.29) is 16.5 Å². The van der Waals surface area contributed by atoms with Gasteiger partial charge in [-0.25, -0.2) is 4.98 Å². The first kappa shape index (κ1) is 21.2. The Labute approximate surface area is 172 Å². The van der Waals surface area contributed by atoms with Gasteiger partial charge in [0, 0.05) is 5.02 Å². The maximum atomic E-state index is 13.1. The lowest BCUT2D eigenvalue weighted by Gasteiger charge is -2.14. The van der Waals surface area contributed by atoms with Gasteiger partial charge in [-0.05, 0) is 42.8 Å². The molecule has 0 aliphatic carbocycles. The van der Waals surface area contributed by atoms with Gasteiger partial charge in [0.15, 0.2) is 5.16 Å². The maximum Gasteiger partial charge on any atom is 0.405 e. The standard InChI is InChI=1S/C19H15ClF3N3O2S/c1-11-3-2-4-13(7-11)26-17(28)14-6-5-12(20)8-15(14)25-18(26)29-9-16(27)24-10-19(21,22)23/h2-8H,9-10H2,1H3,(H,24,27). The summed E-state index contributed by atoms with van der Waals surface area (Å²) in [6.07, 6.45) is -4.50. The summed E-state index contributed by atoms with van der Waals surface area (Å²) in [5.74, 6) is -1.15. The Morgan fingerprint density at radius 1 is 1.24 bits per heavy atom. The van der Waals surface area contributed by atoms with Crippen molar-refractivity contribution in [3.63, 3.8) is 0 Å². The monoisotopic (exact) mass is 441 g/mol. The molecule has 5 nitrogen and oxygen atoms in total. The molecule has 2 aromatic carbocycles. The number of amides is 1. The second kappa shape index (κ2) is 8.46. The molecule has 0 atom stereocenters. The lowest BCUT2D eigenvalue weighted by Crippen LogP contribution is -2.35. The molecule has 0 fully saturated rings. The van der Waals surface area contributed by atoms with Gasteiger partial charge in [-0.1, -0.05) is 35.5 Å². The third-order valence-corrected chi connectivity index (χ3v) is 5.05. The van der Waals surface area contributed by atoms with Gasteiger partial charge in [-0.3, -0.25) is 14.2 Å². The fourth-order valence-corrected chi connectivity index (χ4v) is 3.62. The van der Waals surface area contributed by atoms with Crippen LogP contribution >= 0.6 is 23.4 Å². The van der Waals surface area contributed by atoms with Crippen LogP contribution < -0.4 is 10.9 Å². The van der Waals surface area contributed by atoms with Crippen molar-refractivity contribution in [3.05, 3.63) is 63.4 Å². The minimum absolute atomic E-state index is 0.178. The van der Waals surface area contributed by atoms with Crippen molar-refractivity contribution < 1.29 is 18.0 Å². The zero-order valence-corrected chi connectivity index (χ0v) is 16.7. The number of halogens is 4. The fraction of sp³-hybridized carbons (Fsp3) is 0.211. The van der Waals surface area contributed by atoms with Crippen LogP contribution in [0.25, 0.3) is 16.6 Å². The highest BCUT2D eigenvalue weighted by atomic mass is 35.5. The highest BCUT2D eigenvalue weighted by Crippen LogP contribution is 2.23. The minimum Gasteiger partial charge on any atom is -0.346 e. The van der Waals surface area contributed by atoms with Crippen LogP contribution in [0.1, 0.15) is 5.56 Å². The molecule has 1 N–H and O–H groups in total. The van der Waals surface area contributed by atoms with E-state index in [0.29, 0.717) is 21.6 Å². The summed E-state index contributed by atoms with van der Waals surface area (Å²) in [4.78, 5) is 29.3. The molecule has 1 heterocycles. The largest absolute Gasteiger partial charge is 0.405 e. The zero-order chi connectivity index (χ0) is 21.2. The molecule has 0 aliphatic heterocycles. The lowest BCUT2D eigenvalue weighted by atomic mass is 10.2. The van der Waals surface area contributed by atoms with Crippen LogP contribution in [0.15, 0.2) is 52.4 Å². The van der Waals surface area contributed by atoms with Crippen molar-refractivity contribution in [2.24, 2.45) is 0 Å². The molecule has 0 radical (unpaired) electrons. The molecule has 3 aromatic rings. The number of benzene rings is 2. The van der Waals surface area contributed by atoms with Crippen LogP contribution in [0.5, 0.6) is 0 Å². The van der Waals surface area contributed by atoms with Crippen LogP contribution in [0.3, 0.4) is 0 Å². The Morgan fingerprint density at radius 3 is 2.69 bits per heavy atom. The van der Waals surface area contributed by atoms with E-state index >= 15 is 0 Å². The molecule has 3 rings (SSSR count). The maximum absolute atomic E-state index is 13.1. The number of nitrogens with zero attached hydrogens (tertiary/aromatic N) is 2. The number of carbonyl (C=O) groups excluding carboxylic acids is 1. The van der Waals surface area contributed by atoms with Crippen LogP contribution in [0.4, 0.5) is 13.2 Å². The number of alkyl halides is 3. The van der Waals surface area contributed by atoms with Crippen LogP contribution in [-0.4, -0.2) is 33.9 Å². The van der Waals surface area contributed by atoms with E-state index in [1.807, 2.05) is 13.0 Å². The summed E-state index contributed by atoms with van der Waals surface area (Å²) in [5, 5.41) is 2.70. The summed E-state index contributed by atoms with van der Waals surface area (Å²) in [5.41, 5.74) is 1.42. The Bertz CT molecular complexity index is 1130. The Balaban J connectivity index is 2.01. The van der Waals surface area contributed by atoms with Crippen molar-refractivity contribution in [2.45, 2.75) is 18.3 Å². The van der Waals surface area contributed by atoms with E-state index < -0.39 is 18.6 Å². The second-order valence-corrected chi connectivity index (χ2v) is 7.59. The SMILES string of the molecule is Cc1cccc(-n2c(SCC(=O)NCC(F)(F)F)nc3cc(Cl)ccc3c2=O)c1. The first-order valence-corrected chi connectivity index (χ1v) is 9.76. The second-order valence-electron chi connectivity index (χ2n) is 6.22. The fourth-order valence-electron chi connectivity index (χ4n) is 2.61. The molecule has 0 saturated carbocycles. The van der Waals surface area contributed by atoms with Crippen molar-refractivity contribution in [2.75, 3.05) is 12.3 Å². The smallest absolute Gasteiger partial charge is 0.346 e. The molecular formula is C19H15ClF3N3O2S. The van der Waals surface area contributed by atoms with Crippen molar-refractivity contribution in [1.29, 1.82) is 0 Å². The number of thioether (sulfide) groups is 1. The van der Waals surface area contributed by atoms with Crippen molar-refractivity contribution in [1.82, 2.24) is 14.9 Å². The minimum atomic E-state index is -4.50. The number of rotatable bonds is 5. The van der Waals surface area contributed by atoms with Crippen molar-refractivity contribution >= 4 is 40.2 Å². The topological polar surface area (TPSA) is 64.0 Å². The van der Waals surface area contributed by atoms with Gasteiger partial charge >= 0.3 is 6.18 Å².